The SMILES string of the molecule is Cc1cccc(C(O)c2ccc3c(c2)C(C)(C)CO3)c1Br. The van der Waals surface area contributed by atoms with Gasteiger partial charge in [0.05, 0.1) is 6.61 Å². The van der Waals surface area contributed by atoms with Gasteiger partial charge in [0.2, 0.25) is 0 Å². The molecule has 0 aliphatic carbocycles. The number of aliphatic hydroxyl groups is 1. The van der Waals surface area contributed by atoms with Crippen molar-refractivity contribution in [3.8, 4) is 5.75 Å². The highest BCUT2D eigenvalue weighted by molar-refractivity contribution is 9.10. The zero-order valence-electron chi connectivity index (χ0n) is 12.5. The summed E-state index contributed by atoms with van der Waals surface area (Å²) >= 11 is 3.58. The van der Waals surface area contributed by atoms with Crippen LogP contribution in [0.3, 0.4) is 0 Å². The molecule has 0 bridgehead atoms. The normalized spacial score (nSPS) is 17.2. The Labute approximate surface area is 133 Å². The summed E-state index contributed by atoms with van der Waals surface area (Å²) in [6.07, 6.45) is -0.638. The molecule has 0 fully saturated rings. The Kier molecular flexibility index (Phi) is 3.58. The van der Waals surface area contributed by atoms with Crippen LogP contribution < -0.4 is 4.74 Å². The molecule has 21 heavy (non-hydrogen) atoms. The van der Waals surface area contributed by atoms with Crippen LogP contribution in [-0.2, 0) is 5.41 Å². The van der Waals surface area contributed by atoms with E-state index in [0.717, 1.165) is 26.9 Å². The van der Waals surface area contributed by atoms with E-state index < -0.39 is 6.10 Å². The van der Waals surface area contributed by atoms with Crippen molar-refractivity contribution in [2.45, 2.75) is 32.3 Å². The Bertz CT molecular complexity index is 692. The third-order valence-corrected chi connectivity index (χ3v) is 5.24. The van der Waals surface area contributed by atoms with Crippen molar-refractivity contribution in [2.24, 2.45) is 0 Å². The average Bonchev–Trinajstić information content (AvgIpc) is 2.76. The summed E-state index contributed by atoms with van der Waals surface area (Å²) in [5.41, 5.74) is 4.08. The molecule has 0 aromatic heterocycles. The Morgan fingerprint density at radius 3 is 2.76 bits per heavy atom. The smallest absolute Gasteiger partial charge is 0.123 e. The van der Waals surface area contributed by atoms with Crippen LogP contribution in [0.15, 0.2) is 40.9 Å². The van der Waals surface area contributed by atoms with Crippen LogP contribution in [-0.4, -0.2) is 11.7 Å². The van der Waals surface area contributed by atoms with Gasteiger partial charge in [0.25, 0.3) is 0 Å². The van der Waals surface area contributed by atoms with Gasteiger partial charge in [0.15, 0.2) is 0 Å². The lowest BCUT2D eigenvalue weighted by atomic mass is 9.85. The summed E-state index contributed by atoms with van der Waals surface area (Å²) in [7, 11) is 0. The van der Waals surface area contributed by atoms with Crippen LogP contribution in [0.25, 0.3) is 0 Å². The number of aliphatic hydroxyl groups excluding tert-OH is 1. The molecule has 0 radical (unpaired) electrons. The molecule has 2 aromatic rings. The van der Waals surface area contributed by atoms with Crippen molar-refractivity contribution in [1.82, 2.24) is 0 Å². The minimum atomic E-state index is -0.638. The minimum absolute atomic E-state index is 0.00506. The summed E-state index contributed by atoms with van der Waals surface area (Å²) in [4.78, 5) is 0. The zero-order valence-corrected chi connectivity index (χ0v) is 14.1. The maximum Gasteiger partial charge on any atom is 0.123 e. The maximum absolute atomic E-state index is 10.7. The van der Waals surface area contributed by atoms with Gasteiger partial charge in [-0.25, -0.2) is 0 Å². The molecule has 1 N–H and O–H groups in total. The third kappa shape index (κ3) is 2.49. The van der Waals surface area contributed by atoms with Crippen LogP contribution in [0.4, 0.5) is 0 Å². The number of aryl methyl sites for hydroxylation is 1. The minimum Gasteiger partial charge on any atom is -0.492 e. The Morgan fingerprint density at radius 1 is 1.24 bits per heavy atom. The third-order valence-electron chi connectivity index (χ3n) is 4.15. The molecule has 1 aliphatic rings. The van der Waals surface area contributed by atoms with Crippen molar-refractivity contribution >= 4 is 15.9 Å². The van der Waals surface area contributed by atoms with E-state index in [1.807, 2.05) is 37.3 Å². The number of hydrogen-bond acceptors (Lipinski definition) is 2. The van der Waals surface area contributed by atoms with E-state index >= 15 is 0 Å². The molecule has 3 rings (SSSR count). The van der Waals surface area contributed by atoms with Gasteiger partial charge in [-0.2, -0.15) is 0 Å². The molecule has 0 saturated heterocycles. The van der Waals surface area contributed by atoms with E-state index in [0.29, 0.717) is 6.61 Å². The molecule has 0 amide bonds. The summed E-state index contributed by atoms with van der Waals surface area (Å²) in [6.45, 7) is 7.05. The predicted molar refractivity (Wildman–Crippen MR) is 87.9 cm³/mol. The lowest BCUT2D eigenvalue weighted by molar-refractivity contribution is 0.219. The van der Waals surface area contributed by atoms with Gasteiger partial charge in [-0.3, -0.25) is 0 Å². The first kappa shape index (κ1) is 14.6. The molecule has 1 heterocycles. The number of fused-ring (bicyclic) bond motifs is 1. The average molecular weight is 347 g/mol. The number of halogens is 1. The van der Waals surface area contributed by atoms with Crippen LogP contribution in [0.2, 0.25) is 0 Å². The van der Waals surface area contributed by atoms with E-state index in [9.17, 15) is 5.11 Å². The van der Waals surface area contributed by atoms with Crippen molar-refractivity contribution < 1.29 is 9.84 Å². The van der Waals surface area contributed by atoms with E-state index in [1.54, 1.807) is 0 Å². The first-order chi connectivity index (χ1) is 9.90. The highest BCUT2D eigenvalue weighted by Gasteiger charge is 2.32. The fraction of sp³-hybridized carbons (Fsp3) is 0.333. The van der Waals surface area contributed by atoms with Crippen molar-refractivity contribution in [3.63, 3.8) is 0 Å². The Hall–Kier alpha value is -1.32. The lowest BCUT2D eigenvalue weighted by Gasteiger charge is -2.19. The van der Waals surface area contributed by atoms with Gasteiger partial charge < -0.3 is 9.84 Å². The molecule has 110 valence electrons. The topological polar surface area (TPSA) is 29.5 Å². The van der Waals surface area contributed by atoms with Crippen LogP contribution in [0.5, 0.6) is 5.75 Å². The zero-order chi connectivity index (χ0) is 15.2. The van der Waals surface area contributed by atoms with Crippen molar-refractivity contribution in [3.05, 3.63) is 63.1 Å². The van der Waals surface area contributed by atoms with Gasteiger partial charge in [0.1, 0.15) is 11.9 Å². The molecular formula is C18H19BrO2. The second kappa shape index (κ2) is 5.15. The molecular weight excluding hydrogens is 328 g/mol. The number of rotatable bonds is 2. The van der Waals surface area contributed by atoms with Crippen molar-refractivity contribution in [1.29, 1.82) is 0 Å². The molecule has 1 atom stereocenters. The molecule has 1 aliphatic heterocycles. The summed E-state index contributed by atoms with van der Waals surface area (Å²) in [5.74, 6) is 0.930. The Morgan fingerprint density at radius 2 is 2.00 bits per heavy atom. The first-order valence-electron chi connectivity index (χ1n) is 7.10. The van der Waals surface area contributed by atoms with Gasteiger partial charge in [-0.05, 0) is 35.7 Å². The lowest BCUT2D eigenvalue weighted by Crippen LogP contribution is -2.18. The highest BCUT2D eigenvalue weighted by atomic mass is 79.9. The first-order valence-corrected chi connectivity index (χ1v) is 7.90. The van der Waals surface area contributed by atoms with Crippen LogP contribution >= 0.6 is 15.9 Å². The molecule has 2 nitrogen and oxygen atoms in total. The van der Waals surface area contributed by atoms with E-state index in [2.05, 4.69) is 35.8 Å². The summed E-state index contributed by atoms with van der Waals surface area (Å²) in [5, 5.41) is 10.7. The number of hydrogen-bond donors (Lipinski definition) is 1. The second-order valence-electron chi connectivity index (χ2n) is 6.31. The molecule has 2 aromatic carbocycles. The Balaban J connectivity index is 2.03. The van der Waals surface area contributed by atoms with Crippen molar-refractivity contribution in [2.75, 3.05) is 6.61 Å². The van der Waals surface area contributed by atoms with Gasteiger partial charge in [0, 0.05) is 15.5 Å². The maximum atomic E-state index is 10.7. The van der Waals surface area contributed by atoms with E-state index in [1.165, 1.54) is 5.56 Å². The number of ether oxygens (including phenoxy) is 1. The molecule has 0 saturated carbocycles. The van der Waals surface area contributed by atoms with Crippen LogP contribution in [0, 0.1) is 6.92 Å². The largest absolute Gasteiger partial charge is 0.492 e. The quantitative estimate of drug-likeness (QED) is 0.866. The predicted octanol–water partition coefficient (Wildman–Crippen LogP) is 4.51. The second-order valence-corrected chi connectivity index (χ2v) is 7.10. The highest BCUT2D eigenvalue weighted by Crippen LogP contribution is 2.41. The fourth-order valence-electron chi connectivity index (χ4n) is 2.77. The molecule has 3 heteroatoms. The number of benzene rings is 2. The van der Waals surface area contributed by atoms with E-state index in [-0.39, 0.29) is 5.41 Å². The summed E-state index contributed by atoms with van der Waals surface area (Å²) in [6, 6.07) is 11.9. The summed E-state index contributed by atoms with van der Waals surface area (Å²) < 4.78 is 6.67. The van der Waals surface area contributed by atoms with Gasteiger partial charge in [-0.15, -0.1) is 0 Å². The van der Waals surface area contributed by atoms with E-state index in [4.69, 9.17) is 4.74 Å². The van der Waals surface area contributed by atoms with Gasteiger partial charge in [-0.1, -0.05) is 54.0 Å². The molecule has 1 unspecified atom stereocenters. The fourth-order valence-corrected chi connectivity index (χ4v) is 3.25. The monoisotopic (exact) mass is 346 g/mol. The standard InChI is InChI=1S/C18H19BrO2/c1-11-5-4-6-13(16(11)19)17(20)12-7-8-15-14(9-12)18(2,3)10-21-15/h4-9,17,20H,10H2,1-3H3. The van der Waals surface area contributed by atoms with Gasteiger partial charge >= 0.3 is 0 Å². The molecule has 0 spiro atoms. The van der Waals surface area contributed by atoms with Crippen LogP contribution in [0.1, 0.15) is 42.2 Å².